The van der Waals surface area contributed by atoms with Crippen LogP contribution in [0.3, 0.4) is 0 Å². The van der Waals surface area contributed by atoms with Crippen LogP contribution in [-0.2, 0) is 18.6 Å². The lowest BCUT2D eigenvalue weighted by Gasteiger charge is -2.43. The molecule has 0 spiro atoms. The molecule has 180 valence electrons. The van der Waals surface area contributed by atoms with Crippen molar-refractivity contribution in [2.75, 3.05) is 6.54 Å². The lowest BCUT2D eigenvalue weighted by molar-refractivity contribution is 0.0486. The highest BCUT2D eigenvalue weighted by Crippen LogP contribution is 2.35. The number of H-pyrrole nitrogens is 1. The first-order chi connectivity index (χ1) is 16.7. The lowest BCUT2D eigenvalue weighted by atomic mass is 9.96. The summed E-state index contributed by atoms with van der Waals surface area (Å²) in [6.45, 7) is 4.98. The van der Waals surface area contributed by atoms with Gasteiger partial charge < -0.3 is 9.47 Å². The van der Waals surface area contributed by atoms with Gasteiger partial charge in [0.15, 0.2) is 11.6 Å². The number of fused-ring (bicyclic) bond motifs is 2. The second-order valence-corrected chi connectivity index (χ2v) is 9.40. The molecule has 0 fully saturated rings. The fraction of sp³-hybridized carbons (Fsp3) is 0.320. The van der Waals surface area contributed by atoms with Crippen LogP contribution in [0.5, 0.6) is 0 Å². The van der Waals surface area contributed by atoms with Crippen molar-refractivity contribution in [3.8, 4) is 0 Å². The second kappa shape index (κ2) is 8.37. The van der Waals surface area contributed by atoms with Crippen LogP contribution < -0.4 is 5.56 Å². The Hall–Kier alpha value is -3.95. The summed E-state index contributed by atoms with van der Waals surface area (Å²) in [5.41, 5.74) is 0.257. The van der Waals surface area contributed by atoms with Crippen molar-refractivity contribution in [2.24, 2.45) is 0 Å². The number of nitrogens with one attached hydrogen (secondary N) is 1. The number of amides is 1. The lowest BCUT2D eigenvalue weighted by Crippen LogP contribution is -2.51. The van der Waals surface area contributed by atoms with Crippen molar-refractivity contribution in [3.05, 3.63) is 87.1 Å². The third-order valence-corrected chi connectivity index (χ3v) is 6.55. The number of hydrogen-bond donors (Lipinski definition) is 1. The SMILES string of the molecule is CC1c2nnc(CF)n2C(C)(C)CN1C(=O)c1cc(Cc2n[nH]c(=O)c3ccccc23)ccc1F. The van der Waals surface area contributed by atoms with Gasteiger partial charge in [0.25, 0.3) is 11.5 Å². The molecular formula is C25H24F2N6O2. The van der Waals surface area contributed by atoms with E-state index in [1.165, 1.54) is 12.1 Å². The van der Waals surface area contributed by atoms with Gasteiger partial charge in [0.1, 0.15) is 12.5 Å². The van der Waals surface area contributed by atoms with Crippen molar-refractivity contribution in [3.63, 3.8) is 0 Å². The van der Waals surface area contributed by atoms with E-state index in [0.29, 0.717) is 34.3 Å². The molecule has 1 amide bonds. The maximum absolute atomic E-state index is 14.9. The minimum atomic E-state index is -0.763. The first-order valence-corrected chi connectivity index (χ1v) is 11.3. The Balaban J connectivity index is 1.49. The Morgan fingerprint density at radius 3 is 2.66 bits per heavy atom. The third kappa shape index (κ3) is 3.78. The Morgan fingerprint density at radius 2 is 1.91 bits per heavy atom. The zero-order valence-electron chi connectivity index (χ0n) is 19.5. The standard InChI is InChI=1S/C25H24F2N6O2/c1-14-22-30-29-21(12-26)33(22)25(2,3)13-32(14)24(35)18-10-15(8-9-19(18)27)11-20-16-6-4-5-7-17(16)23(34)31-28-20/h4-10,14H,11-13H2,1-3H3,(H,31,34). The molecule has 2 aromatic carbocycles. The molecule has 2 aromatic heterocycles. The molecule has 0 bridgehead atoms. The number of benzene rings is 2. The van der Waals surface area contributed by atoms with E-state index in [0.717, 1.165) is 0 Å². The maximum Gasteiger partial charge on any atom is 0.272 e. The van der Waals surface area contributed by atoms with Gasteiger partial charge in [0.05, 0.1) is 28.2 Å². The predicted molar refractivity (Wildman–Crippen MR) is 125 cm³/mol. The minimum Gasteiger partial charge on any atom is -0.326 e. The number of alkyl halides is 1. The molecule has 0 radical (unpaired) electrons. The molecule has 1 aliphatic heterocycles. The van der Waals surface area contributed by atoms with Crippen LogP contribution in [0, 0.1) is 5.82 Å². The van der Waals surface area contributed by atoms with Crippen LogP contribution in [0.4, 0.5) is 8.78 Å². The molecule has 1 aliphatic rings. The number of rotatable bonds is 4. The van der Waals surface area contributed by atoms with Crippen molar-refractivity contribution >= 4 is 16.7 Å². The Kier molecular flexibility index (Phi) is 5.46. The predicted octanol–water partition coefficient (Wildman–Crippen LogP) is 3.67. The Morgan fingerprint density at radius 1 is 1.17 bits per heavy atom. The van der Waals surface area contributed by atoms with Gasteiger partial charge >= 0.3 is 0 Å². The van der Waals surface area contributed by atoms with E-state index in [1.807, 2.05) is 26.0 Å². The Labute approximate surface area is 199 Å². The molecule has 8 nitrogen and oxygen atoms in total. The fourth-order valence-corrected chi connectivity index (χ4v) is 4.86. The number of halogens is 2. The maximum atomic E-state index is 14.9. The van der Waals surface area contributed by atoms with E-state index in [-0.39, 0.29) is 23.5 Å². The summed E-state index contributed by atoms with van der Waals surface area (Å²) in [6.07, 6.45) is 0.299. The molecule has 1 unspecified atom stereocenters. The summed E-state index contributed by atoms with van der Waals surface area (Å²) >= 11 is 0. The molecule has 10 heteroatoms. The minimum absolute atomic E-state index is 0.0717. The monoisotopic (exact) mass is 478 g/mol. The van der Waals surface area contributed by atoms with Crippen LogP contribution in [0.15, 0.2) is 47.3 Å². The molecule has 4 aromatic rings. The molecular weight excluding hydrogens is 454 g/mol. The van der Waals surface area contributed by atoms with Crippen molar-refractivity contribution < 1.29 is 13.6 Å². The van der Waals surface area contributed by atoms with E-state index in [2.05, 4.69) is 20.4 Å². The summed E-state index contributed by atoms with van der Waals surface area (Å²) in [5.74, 6) is -0.458. The van der Waals surface area contributed by atoms with Crippen LogP contribution in [0.25, 0.3) is 10.8 Å². The van der Waals surface area contributed by atoms with Gasteiger partial charge in [-0.25, -0.2) is 13.9 Å². The molecule has 1 N–H and O–H groups in total. The van der Waals surface area contributed by atoms with Crippen LogP contribution >= 0.6 is 0 Å². The topological polar surface area (TPSA) is 96.8 Å². The first-order valence-electron chi connectivity index (χ1n) is 11.3. The van der Waals surface area contributed by atoms with Crippen LogP contribution in [0.1, 0.15) is 60.1 Å². The highest BCUT2D eigenvalue weighted by Gasteiger charge is 2.41. The molecule has 35 heavy (non-hydrogen) atoms. The number of carbonyl (C=O) groups excluding carboxylic acids is 1. The number of aromatic amines is 1. The van der Waals surface area contributed by atoms with Gasteiger partial charge in [-0.3, -0.25) is 9.59 Å². The molecule has 1 atom stereocenters. The highest BCUT2D eigenvalue weighted by molar-refractivity contribution is 5.95. The van der Waals surface area contributed by atoms with Crippen molar-refractivity contribution in [1.29, 1.82) is 0 Å². The number of nitrogens with zero attached hydrogens (tertiary/aromatic N) is 5. The second-order valence-electron chi connectivity index (χ2n) is 9.40. The average molecular weight is 479 g/mol. The number of hydrogen-bond acceptors (Lipinski definition) is 5. The van der Waals surface area contributed by atoms with Gasteiger partial charge in [-0.1, -0.05) is 24.3 Å². The largest absolute Gasteiger partial charge is 0.326 e. The molecule has 5 rings (SSSR count). The smallest absolute Gasteiger partial charge is 0.272 e. The summed E-state index contributed by atoms with van der Waals surface area (Å²) in [6, 6.07) is 11.0. The van der Waals surface area contributed by atoms with Gasteiger partial charge in [-0.2, -0.15) is 5.10 Å². The summed E-state index contributed by atoms with van der Waals surface area (Å²) in [7, 11) is 0. The molecule has 0 saturated heterocycles. The Bertz CT molecular complexity index is 1510. The normalized spacial score (nSPS) is 16.9. The molecule has 0 saturated carbocycles. The van der Waals surface area contributed by atoms with E-state index in [1.54, 1.807) is 34.6 Å². The zero-order valence-corrected chi connectivity index (χ0v) is 19.5. The van der Waals surface area contributed by atoms with Gasteiger partial charge in [-0.15, -0.1) is 10.2 Å². The first kappa shape index (κ1) is 22.8. The quantitative estimate of drug-likeness (QED) is 0.483. The van der Waals surface area contributed by atoms with Crippen LogP contribution in [0.2, 0.25) is 0 Å². The molecule has 0 aliphatic carbocycles. The summed E-state index contributed by atoms with van der Waals surface area (Å²) < 4.78 is 30.1. The van der Waals surface area contributed by atoms with Gasteiger partial charge in [0.2, 0.25) is 0 Å². The fourth-order valence-electron chi connectivity index (χ4n) is 4.86. The zero-order chi connectivity index (χ0) is 24.9. The van der Waals surface area contributed by atoms with E-state index in [9.17, 15) is 18.4 Å². The van der Waals surface area contributed by atoms with Crippen molar-refractivity contribution in [1.82, 2.24) is 29.9 Å². The van der Waals surface area contributed by atoms with Gasteiger partial charge in [-0.05, 0) is 44.5 Å². The van der Waals surface area contributed by atoms with E-state index >= 15 is 0 Å². The summed E-state index contributed by atoms with van der Waals surface area (Å²) in [4.78, 5) is 27.2. The average Bonchev–Trinajstić information content (AvgIpc) is 3.30. The van der Waals surface area contributed by atoms with Gasteiger partial charge in [0, 0.05) is 18.4 Å². The summed E-state index contributed by atoms with van der Waals surface area (Å²) in [5, 5.41) is 15.9. The van der Waals surface area contributed by atoms with Crippen molar-refractivity contribution in [2.45, 2.75) is 45.4 Å². The molecule has 3 heterocycles. The highest BCUT2D eigenvalue weighted by atomic mass is 19.1. The van der Waals surface area contributed by atoms with Crippen LogP contribution in [-0.4, -0.2) is 42.3 Å². The van der Waals surface area contributed by atoms with E-state index < -0.39 is 30.0 Å². The van der Waals surface area contributed by atoms with E-state index in [4.69, 9.17) is 0 Å². The number of aromatic nitrogens is 5. The third-order valence-electron chi connectivity index (χ3n) is 6.55. The number of carbonyl (C=O) groups is 1.